The van der Waals surface area contributed by atoms with Crippen LogP contribution in [0.25, 0.3) is 0 Å². The molecule has 0 radical (unpaired) electrons. The van der Waals surface area contributed by atoms with Gasteiger partial charge in [-0.15, -0.1) is 11.3 Å². The highest BCUT2D eigenvalue weighted by atomic mass is 32.1. The van der Waals surface area contributed by atoms with E-state index in [-0.39, 0.29) is 24.5 Å². The predicted octanol–water partition coefficient (Wildman–Crippen LogP) is 4.39. The number of para-hydroxylation sites is 1. The van der Waals surface area contributed by atoms with Gasteiger partial charge in [-0.05, 0) is 54.8 Å². The number of urea groups is 1. The Hall–Kier alpha value is -2.54. The van der Waals surface area contributed by atoms with Gasteiger partial charge in [-0.3, -0.25) is 4.79 Å². The van der Waals surface area contributed by atoms with Crippen molar-refractivity contribution in [2.75, 3.05) is 32.8 Å². The second kappa shape index (κ2) is 11.2. The number of carbonyl (C=O) groups is 2. The largest absolute Gasteiger partial charge is 0.491 e. The van der Waals surface area contributed by atoms with Gasteiger partial charge in [0.05, 0.1) is 6.04 Å². The van der Waals surface area contributed by atoms with Crippen LogP contribution in [0, 0.1) is 6.92 Å². The maximum absolute atomic E-state index is 13.3. The summed E-state index contributed by atoms with van der Waals surface area (Å²) in [5.74, 6) is 0.805. The van der Waals surface area contributed by atoms with E-state index >= 15 is 0 Å². The Bertz CT molecular complexity index is 882. The standard InChI is InChI=1S/C24H33N3O3S/c1-4-12-25-24(29)26(13-5-2)16-23(28)27-14-10-22-19(11-15-31-22)20(27)17-30-21-9-7-6-8-18(21)3/h6-9,11,15,20H,4-5,10,12-14,16-17H2,1-3H3,(H,25,29)/t20-/m1/s1. The van der Waals surface area contributed by atoms with E-state index in [1.165, 1.54) is 4.88 Å². The minimum absolute atomic E-state index is 0.0321. The summed E-state index contributed by atoms with van der Waals surface area (Å²) in [7, 11) is 0. The van der Waals surface area contributed by atoms with Gasteiger partial charge in [-0.25, -0.2) is 4.79 Å². The molecule has 6 nitrogen and oxygen atoms in total. The number of nitrogens with one attached hydrogen (secondary N) is 1. The van der Waals surface area contributed by atoms with Gasteiger partial charge in [0.2, 0.25) is 5.91 Å². The van der Waals surface area contributed by atoms with Crippen LogP contribution in [0.15, 0.2) is 35.7 Å². The van der Waals surface area contributed by atoms with Crippen molar-refractivity contribution in [3.63, 3.8) is 0 Å². The molecule has 2 heterocycles. The predicted molar refractivity (Wildman–Crippen MR) is 125 cm³/mol. The van der Waals surface area contributed by atoms with Gasteiger partial charge >= 0.3 is 6.03 Å². The first kappa shape index (κ1) is 23.1. The number of hydrogen-bond acceptors (Lipinski definition) is 4. The van der Waals surface area contributed by atoms with Crippen molar-refractivity contribution in [1.82, 2.24) is 15.1 Å². The Morgan fingerprint density at radius 3 is 2.77 bits per heavy atom. The first-order valence-electron chi connectivity index (χ1n) is 11.1. The molecule has 0 bridgehead atoms. The molecule has 1 aromatic carbocycles. The number of fused-ring (bicyclic) bond motifs is 1. The lowest BCUT2D eigenvalue weighted by Crippen LogP contribution is -2.50. The maximum atomic E-state index is 13.3. The average Bonchev–Trinajstić information content (AvgIpc) is 3.25. The van der Waals surface area contributed by atoms with E-state index in [9.17, 15) is 9.59 Å². The van der Waals surface area contributed by atoms with E-state index in [1.807, 2.05) is 49.9 Å². The minimum Gasteiger partial charge on any atom is -0.491 e. The van der Waals surface area contributed by atoms with Crippen LogP contribution >= 0.6 is 11.3 Å². The molecule has 3 rings (SSSR count). The Morgan fingerprint density at radius 1 is 1.23 bits per heavy atom. The van der Waals surface area contributed by atoms with Crippen molar-refractivity contribution < 1.29 is 14.3 Å². The van der Waals surface area contributed by atoms with Gasteiger partial charge in [-0.2, -0.15) is 0 Å². The molecule has 0 saturated heterocycles. The fourth-order valence-corrected chi connectivity index (χ4v) is 4.81. The third kappa shape index (κ3) is 5.79. The Balaban J connectivity index is 1.74. The third-order valence-corrected chi connectivity index (χ3v) is 6.54. The number of rotatable bonds is 9. The summed E-state index contributed by atoms with van der Waals surface area (Å²) in [5, 5.41) is 4.98. The van der Waals surface area contributed by atoms with E-state index in [1.54, 1.807) is 16.2 Å². The summed E-state index contributed by atoms with van der Waals surface area (Å²) >= 11 is 1.74. The van der Waals surface area contributed by atoms with Gasteiger partial charge < -0.3 is 19.9 Å². The van der Waals surface area contributed by atoms with Crippen molar-refractivity contribution in [3.05, 3.63) is 51.7 Å². The van der Waals surface area contributed by atoms with Crippen LogP contribution in [0.5, 0.6) is 5.75 Å². The SMILES string of the molecule is CCCNC(=O)N(CCC)CC(=O)N1CCc2sccc2[C@H]1COc1ccccc1C. The van der Waals surface area contributed by atoms with Crippen LogP contribution in [-0.2, 0) is 11.2 Å². The molecular formula is C24H33N3O3S. The molecule has 31 heavy (non-hydrogen) atoms. The highest BCUT2D eigenvalue weighted by Gasteiger charge is 2.33. The van der Waals surface area contributed by atoms with Gasteiger partial charge in [-0.1, -0.05) is 32.0 Å². The quantitative estimate of drug-likeness (QED) is 0.625. The third-order valence-electron chi connectivity index (χ3n) is 5.54. The molecule has 0 saturated carbocycles. The van der Waals surface area contributed by atoms with Gasteiger partial charge in [0.15, 0.2) is 0 Å². The Kier molecular flexibility index (Phi) is 8.35. The summed E-state index contributed by atoms with van der Waals surface area (Å²) < 4.78 is 6.15. The Morgan fingerprint density at radius 2 is 2.03 bits per heavy atom. The molecular weight excluding hydrogens is 410 g/mol. The monoisotopic (exact) mass is 443 g/mol. The molecule has 0 aliphatic carbocycles. The molecule has 1 aliphatic heterocycles. The number of ether oxygens (including phenoxy) is 1. The van der Waals surface area contributed by atoms with E-state index in [0.717, 1.165) is 36.1 Å². The molecule has 0 fully saturated rings. The fourth-order valence-electron chi connectivity index (χ4n) is 3.88. The van der Waals surface area contributed by atoms with Gasteiger partial charge in [0, 0.05) is 24.5 Å². The summed E-state index contributed by atoms with van der Waals surface area (Å²) in [6, 6.07) is 9.71. The van der Waals surface area contributed by atoms with E-state index in [2.05, 4.69) is 16.8 Å². The molecule has 168 valence electrons. The normalized spacial score (nSPS) is 15.3. The zero-order valence-electron chi connectivity index (χ0n) is 18.7. The number of amides is 3. The number of hydrogen-bond donors (Lipinski definition) is 1. The van der Waals surface area contributed by atoms with E-state index in [0.29, 0.717) is 26.2 Å². The van der Waals surface area contributed by atoms with Crippen molar-refractivity contribution >= 4 is 23.3 Å². The van der Waals surface area contributed by atoms with Crippen LogP contribution in [-0.4, -0.2) is 54.5 Å². The summed E-state index contributed by atoms with van der Waals surface area (Å²) in [4.78, 5) is 30.7. The van der Waals surface area contributed by atoms with Crippen molar-refractivity contribution in [1.29, 1.82) is 0 Å². The van der Waals surface area contributed by atoms with E-state index in [4.69, 9.17) is 4.74 Å². The van der Waals surface area contributed by atoms with Gasteiger partial charge in [0.1, 0.15) is 18.9 Å². The topological polar surface area (TPSA) is 61.9 Å². The fraction of sp³-hybridized carbons (Fsp3) is 0.500. The molecule has 0 unspecified atom stereocenters. The summed E-state index contributed by atoms with van der Waals surface area (Å²) in [6.45, 7) is 8.35. The minimum atomic E-state index is -0.169. The van der Waals surface area contributed by atoms with Crippen LogP contribution in [0.4, 0.5) is 4.79 Å². The first-order chi connectivity index (χ1) is 15.0. The number of carbonyl (C=O) groups excluding carboxylic acids is 2. The number of aryl methyl sites for hydroxylation is 1. The second-order valence-corrected chi connectivity index (χ2v) is 8.88. The molecule has 1 N–H and O–H groups in total. The molecule has 3 amide bonds. The number of nitrogens with zero attached hydrogens (tertiary/aromatic N) is 2. The summed E-state index contributed by atoms with van der Waals surface area (Å²) in [6.07, 6.45) is 2.52. The summed E-state index contributed by atoms with van der Waals surface area (Å²) in [5.41, 5.74) is 2.24. The lowest BCUT2D eigenvalue weighted by Gasteiger charge is -2.37. The highest BCUT2D eigenvalue weighted by molar-refractivity contribution is 7.10. The number of thiophene rings is 1. The lowest BCUT2D eigenvalue weighted by atomic mass is 10.0. The molecule has 1 aromatic heterocycles. The van der Waals surface area contributed by atoms with Crippen LogP contribution in [0.1, 0.15) is 48.7 Å². The smallest absolute Gasteiger partial charge is 0.317 e. The van der Waals surface area contributed by atoms with Gasteiger partial charge in [0.25, 0.3) is 0 Å². The number of benzene rings is 1. The zero-order chi connectivity index (χ0) is 22.2. The average molecular weight is 444 g/mol. The molecule has 1 aliphatic rings. The second-order valence-electron chi connectivity index (χ2n) is 7.88. The molecule has 0 spiro atoms. The van der Waals surface area contributed by atoms with E-state index < -0.39 is 0 Å². The van der Waals surface area contributed by atoms with Crippen LogP contribution in [0.2, 0.25) is 0 Å². The highest BCUT2D eigenvalue weighted by Crippen LogP contribution is 2.34. The molecule has 2 aromatic rings. The van der Waals surface area contributed by atoms with Crippen molar-refractivity contribution in [2.45, 2.75) is 46.1 Å². The van der Waals surface area contributed by atoms with Crippen LogP contribution < -0.4 is 10.1 Å². The van der Waals surface area contributed by atoms with Crippen LogP contribution in [0.3, 0.4) is 0 Å². The molecule has 7 heteroatoms. The molecule has 1 atom stereocenters. The van der Waals surface area contributed by atoms with Crippen molar-refractivity contribution in [3.8, 4) is 5.75 Å². The first-order valence-corrected chi connectivity index (χ1v) is 12.0. The zero-order valence-corrected chi connectivity index (χ0v) is 19.5. The van der Waals surface area contributed by atoms with Crippen molar-refractivity contribution in [2.24, 2.45) is 0 Å². The Labute approximate surface area is 189 Å². The lowest BCUT2D eigenvalue weighted by molar-refractivity contribution is -0.135. The maximum Gasteiger partial charge on any atom is 0.317 e.